The van der Waals surface area contributed by atoms with Crippen LogP contribution in [0.15, 0.2) is 54.7 Å². The minimum absolute atomic E-state index is 0.101. The third-order valence-electron chi connectivity index (χ3n) is 4.44. The van der Waals surface area contributed by atoms with E-state index < -0.39 is 0 Å². The largest absolute Gasteiger partial charge is 0.493 e. The maximum Gasteiger partial charge on any atom is 0.270 e. The molecule has 0 saturated carbocycles. The van der Waals surface area contributed by atoms with Gasteiger partial charge in [0.1, 0.15) is 5.69 Å². The van der Waals surface area contributed by atoms with Gasteiger partial charge in [0.2, 0.25) is 0 Å². The molecule has 0 saturated heterocycles. The highest BCUT2D eigenvalue weighted by Crippen LogP contribution is 2.28. The van der Waals surface area contributed by atoms with Crippen molar-refractivity contribution in [2.24, 2.45) is 0 Å². The molecule has 0 spiro atoms. The number of aromatic amines is 1. The van der Waals surface area contributed by atoms with E-state index in [4.69, 9.17) is 21.7 Å². The van der Waals surface area contributed by atoms with Crippen molar-refractivity contribution in [1.82, 2.24) is 20.2 Å². The van der Waals surface area contributed by atoms with E-state index >= 15 is 0 Å². The second-order valence-electron chi connectivity index (χ2n) is 6.56. The number of para-hydroxylation sites is 1. The number of H-pyrrole nitrogens is 1. The van der Waals surface area contributed by atoms with Gasteiger partial charge in [-0.1, -0.05) is 24.3 Å². The van der Waals surface area contributed by atoms with Crippen LogP contribution in [0.25, 0.3) is 5.69 Å². The fourth-order valence-corrected chi connectivity index (χ4v) is 3.24. The topological polar surface area (TPSA) is 97.4 Å². The van der Waals surface area contributed by atoms with Crippen LogP contribution in [0.3, 0.4) is 0 Å². The fourth-order valence-electron chi connectivity index (χ4n) is 2.97. The molecule has 2 amide bonds. The number of ether oxygens (including phenoxy) is 2. The number of nitrogens with zero attached hydrogens (tertiary/aromatic N) is 1. The summed E-state index contributed by atoms with van der Waals surface area (Å²) in [6.07, 6.45) is 1.59. The Bertz CT molecular complexity index is 1110. The van der Waals surface area contributed by atoms with Gasteiger partial charge in [-0.15, -0.1) is 0 Å². The number of likely N-dealkylation sites (N-methyl/N-ethyl adjacent to an activating group) is 1. The van der Waals surface area contributed by atoms with Crippen LogP contribution in [0.5, 0.6) is 11.5 Å². The van der Waals surface area contributed by atoms with E-state index in [-0.39, 0.29) is 25.0 Å². The summed E-state index contributed by atoms with van der Waals surface area (Å²) in [4.78, 5) is 27.3. The molecule has 1 heterocycles. The van der Waals surface area contributed by atoms with Crippen molar-refractivity contribution < 1.29 is 19.1 Å². The monoisotopic (exact) mass is 440 g/mol. The van der Waals surface area contributed by atoms with Gasteiger partial charge in [-0.05, 0) is 49.0 Å². The van der Waals surface area contributed by atoms with E-state index in [0.717, 1.165) is 11.3 Å². The van der Waals surface area contributed by atoms with Crippen molar-refractivity contribution in [1.29, 1.82) is 0 Å². The van der Waals surface area contributed by atoms with E-state index in [1.54, 1.807) is 29.0 Å². The minimum Gasteiger partial charge on any atom is -0.493 e. The second kappa shape index (κ2) is 10.4. The van der Waals surface area contributed by atoms with Crippen LogP contribution in [0.4, 0.5) is 0 Å². The maximum absolute atomic E-state index is 12.8. The van der Waals surface area contributed by atoms with Crippen molar-refractivity contribution in [2.75, 3.05) is 20.3 Å². The first-order chi connectivity index (χ1) is 15.0. The molecule has 0 bridgehead atoms. The number of aromatic nitrogens is 2. The van der Waals surface area contributed by atoms with Crippen LogP contribution < -0.4 is 20.1 Å². The standard InChI is InChI=1S/C22H24N4O4S/c1-3-23-20(27)14-30-18-10-9-15(11-19(18)29-2)12-24-21(28)17-13-25-22(31)26(17)16-7-5-4-6-8-16/h4-11,13H,3,12,14H2,1-2H3,(H,23,27)(H,24,28)(H,25,31). The van der Waals surface area contributed by atoms with E-state index in [1.165, 1.54) is 7.11 Å². The molecule has 0 aliphatic carbocycles. The molecule has 3 N–H and O–H groups in total. The van der Waals surface area contributed by atoms with Crippen LogP contribution in [-0.2, 0) is 11.3 Å². The summed E-state index contributed by atoms with van der Waals surface area (Å²) in [6.45, 7) is 2.55. The average Bonchev–Trinajstić information content (AvgIpc) is 3.18. The molecule has 0 aliphatic heterocycles. The number of rotatable bonds is 9. The predicted octanol–water partition coefficient (Wildman–Crippen LogP) is 2.99. The first-order valence-corrected chi connectivity index (χ1v) is 10.1. The Morgan fingerprint density at radius 2 is 1.87 bits per heavy atom. The molecule has 3 aromatic rings. The Labute approximate surface area is 185 Å². The Morgan fingerprint density at radius 3 is 2.58 bits per heavy atom. The molecule has 0 unspecified atom stereocenters. The molecule has 0 radical (unpaired) electrons. The van der Waals surface area contributed by atoms with Gasteiger partial charge in [0.25, 0.3) is 11.8 Å². The summed E-state index contributed by atoms with van der Waals surface area (Å²) in [5.41, 5.74) is 2.02. The molecular weight excluding hydrogens is 416 g/mol. The van der Waals surface area contributed by atoms with Gasteiger partial charge >= 0.3 is 0 Å². The van der Waals surface area contributed by atoms with Crippen molar-refractivity contribution in [3.05, 3.63) is 70.8 Å². The van der Waals surface area contributed by atoms with Crippen LogP contribution >= 0.6 is 12.2 Å². The first kappa shape index (κ1) is 22.1. The molecule has 2 aromatic carbocycles. The van der Waals surface area contributed by atoms with Crippen LogP contribution in [0.1, 0.15) is 23.0 Å². The zero-order chi connectivity index (χ0) is 22.2. The van der Waals surface area contributed by atoms with Crippen molar-refractivity contribution in [3.8, 4) is 17.2 Å². The van der Waals surface area contributed by atoms with Gasteiger partial charge < -0.3 is 25.1 Å². The Kier molecular flexibility index (Phi) is 7.45. The van der Waals surface area contributed by atoms with E-state index in [9.17, 15) is 9.59 Å². The SMILES string of the molecule is CCNC(=O)COc1ccc(CNC(=O)c2c[nH]c(=S)n2-c2ccccc2)cc1OC. The molecule has 0 atom stereocenters. The molecule has 8 nitrogen and oxygen atoms in total. The maximum atomic E-state index is 12.8. The molecule has 162 valence electrons. The Balaban J connectivity index is 1.69. The summed E-state index contributed by atoms with van der Waals surface area (Å²) < 4.78 is 13.0. The van der Waals surface area contributed by atoms with Crippen molar-refractivity contribution in [3.63, 3.8) is 0 Å². The smallest absolute Gasteiger partial charge is 0.270 e. The fraction of sp³-hybridized carbons (Fsp3) is 0.227. The number of carbonyl (C=O) groups excluding carboxylic acids is 2. The molecule has 0 aliphatic rings. The number of hydrogen-bond donors (Lipinski definition) is 3. The summed E-state index contributed by atoms with van der Waals surface area (Å²) in [6, 6.07) is 14.7. The molecule has 31 heavy (non-hydrogen) atoms. The third-order valence-corrected chi connectivity index (χ3v) is 4.74. The van der Waals surface area contributed by atoms with Gasteiger partial charge in [-0.3, -0.25) is 14.2 Å². The quantitative estimate of drug-likeness (QED) is 0.445. The Morgan fingerprint density at radius 1 is 1.10 bits per heavy atom. The number of imidazole rings is 1. The van der Waals surface area contributed by atoms with Gasteiger partial charge in [0.05, 0.1) is 7.11 Å². The van der Waals surface area contributed by atoms with E-state index in [2.05, 4.69) is 15.6 Å². The summed E-state index contributed by atoms with van der Waals surface area (Å²) >= 11 is 5.33. The summed E-state index contributed by atoms with van der Waals surface area (Å²) in [5, 5.41) is 5.56. The van der Waals surface area contributed by atoms with Crippen molar-refractivity contribution >= 4 is 24.0 Å². The normalized spacial score (nSPS) is 10.4. The molecular formula is C22H24N4O4S. The zero-order valence-electron chi connectivity index (χ0n) is 17.3. The van der Waals surface area contributed by atoms with Gasteiger partial charge in [0.15, 0.2) is 22.9 Å². The molecule has 1 aromatic heterocycles. The number of benzene rings is 2. The zero-order valence-corrected chi connectivity index (χ0v) is 18.1. The lowest BCUT2D eigenvalue weighted by Crippen LogP contribution is -2.28. The summed E-state index contributed by atoms with van der Waals surface area (Å²) in [7, 11) is 1.52. The van der Waals surface area contributed by atoms with Crippen molar-refractivity contribution in [2.45, 2.75) is 13.5 Å². The number of carbonyl (C=O) groups is 2. The molecule has 3 rings (SSSR count). The number of methoxy groups -OCH3 is 1. The highest BCUT2D eigenvalue weighted by Gasteiger charge is 2.15. The second-order valence-corrected chi connectivity index (χ2v) is 6.95. The lowest BCUT2D eigenvalue weighted by Gasteiger charge is -2.13. The number of amides is 2. The number of nitrogens with one attached hydrogen (secondary N) is 3. The van der Waals surface area contributed by atoms with E-state index in [1.807, 2.05) is 37.3 Å². The van der Waals surface area contributed by atoms with Crippen LogP contribution in [0, 0.1) is 4.77 Å². The number of hydrogen-bond acceptors (Lipinski definition) is 5. The van der Waals surface area contributed by atoms with Gasteiger partial charge in [-0.2, -0.15) is 0 Å². The van der Waals surface area contributed by atoms with E-state index in [0.29, 0.717) is 28.5 Å². The minimum atomic E-state index is -0.272. The van der Waals surface area contributed by atoms with Crippen LogP contribution in [-0.4, -0.2) is 41.6 Å². The first-order valence-electron chi connectivity index (χ1n) is 9.74. The van der Waals surface area contributed by atoms with Crippen LogP contribution in [0.2, 0.25) is 0 Å². The van der Waals surface area contributed by atoms with Gasteiger partial charge in [0, 0.05) is 25.0 Å². The molecule has 0 fully saturated rings. The van der Waals surface area contributed by atoms with Gasteiger partial charge in [-0.25, -0.2) is 0 Å². The highest BCUT2D eigenvalue weighted by molar-refractivity contribution is 7.71. The Hall–Kier alpha value is -3.59. The average molecular weight is 441 g/mol. The lowest BCUT2D eigenvalue weighted by molar-refractivity contribution is -0.123. The summed E-state index contributed by atoms with van der Waals surface area (Å²) in [5.74, 6) is 0.448. The third kappa shape index (κ3) is 5.52. The molecule has 9 heteroatoms. The lowest BCUT2D eigenvalue weighted by atomic mass is 10.2. The highest BCUT2D eigenvalue weighted by atomic mass is 32.1. The predicted molar refractivity (Wildman–Crippen MR) is 119 cm³/mol.